The number of methoxy groups -OCH3 is 2. The molecule has 3 atom stereocenters. The van der Waals surface area contributed by atoms with Crippen LogP contribution in [0, 0.1) is 11.8 Å². The maximum absolute atomic E-state index is 13.3. The van der Waals surface area contributed by atoms with Crippen molar-refractivity contribution in [2.45, 2.75) is 50.6 Å². The van der Waals surface area contributed by atoms with E-state index in [0.29, 0.717) is 42.3 Å². The van der Waals surface area contributed by atoms with E-state index in [2.05, 4.69) is 36.9 Å². The Morgan fingerprint density at radius 3 is 2.53 bits per heavy atom. The molecule has 2 aliphatic rings. The normalized spacial score (nSPS) is 19.2. The van der Waals surface area contributed by atoms with E-state index < -0.39 is 29.9 Å². The Bertz CT molecular complexity index is 1160. The van der Waals surface area contributed by atoms with Crippen LogP contribution in [-0.2, 0) is 19.1 Å². The van der Waals surface area contributed by atoms with Gasteiger partial charge in [-0.3, -0.25) is 14.4 Å². The van der Waals surface area contributed by atoms with Gasteiger partial charge < -0.3 is 30.4 Å². The summed E-state index contributed by atoms with van der Waals surface area (Å²) in [6.07, 6.45) is 4.03. The Balaban J connectivity index is 1.49. The topological polar surface area (TPSA) is 139 Å². The molecule has 194 valence electrons. The molecule has 1 saturated carbocycles. The molecule has 11 heteroatoms. The van der Waals surface area contributed by atoms with Gasteiger partial charge in [0, 0.05) is 22.3 Å². The number of esters is 1. The Labute approximate surface area is 217 Å². The second kappa shape index (κ2) is 11.3. The Kier molecular flexibility index (Phi) is 8.17. The van der Waals surface area contributed by atoms with Gasteiger partial charge in [0.15, 0.2) is 0 Å². The van der Waals surface area contributed by atoms with Crippen LogP contribution in [0.5, 0.6) is 5.75 Å². The highest BCUT2D eigenvalue weighted by Crippen LogP contribution is 2.34. The SMILES string of the molecule is COC(=O)[C@H](C[C@@H]1CCCNC1=O)NC(=O)[C@H](CC1CC1)NC(=O)c1cc2c(OC)cc(Br)cc2[nH]1. The fraction of sp³-hybridized carbons (Fsp3) is 0.520. The molecule has 1 aromatic carbocycles. The van der Waals surface area contributed by atoms with E-state index in [1.54, 1.807) is 19.2 Å². The average molecular weight is 563 g/mol. The number of nitrogens with one attached hydrogen (secondary N) is 4. The van der Waals surface area contributed by atoms with Gasteiger partial charge in [-0.1, -0.05) is 28.8 Å². The first-order valence-electron chi connectivity index (χ1n) is 12.1. The molecule has 2 heterocycles. The Morgan fingerprint density at radius 1 is 1.08 bits per heavy atom. The van der Waals surface area contributed by atoms with Gasteiger partial charge in [0.05, 0.1) is 19.7 Å². The average Bonchev–Trinajstić information content (AvgIpc) is 3.58. The van der Waals surface area contributed by atoms with E-state index in [-0.39, 0.29) is 18.2 Å². The highest BCUT2D eigenvalue weighted by molar-refractivity contribution is 9.10. The highest BCUT2D eigenvalue weighted by Gasteiger charge is 2.35. The maximum Gasteiger partial charge on any atom is 0.328 e. The molecule has 1 aliphatic heterocycles. The number of hydrogen-bond donors (Lipinski definition) is 4. The first-order chi connectivity index (χ1) is 17.3. The Morgan fingerprint density at radius 2 is 1.86 bits per heavy atom. The van der Waals surface area contributed by atoms with Crippen LogP contribution in [0.2, 0.25) is 0 Å². The standard InChI is InChI=1S/C25H31BrN4O6/c1-35-21-11-15(26)10-17-16(21)12-19(28-17)24(33)29-18(8-13-5-6-13)23(32)30-20(25(34)36-2)9-14-4-3-7-27-22(14)31/h10-14,18,20,28H,3-9H2,1-2H3,(H,27,31)(H,29,33)(H,30,32)/t14-,18-,20-/m0/s1. The summed E-state index contributed by atoms with van der Waals surface area (Å²) in [5.74, 6) is -1.11. The number of H-pyrrole nitrogens is 1. The third-order valence-electron chi connectivity index (χ3n) is 6.74. The molecule has 4 rings (SSSR count). The quantitative estimate of drug-likeness (QED) is 0.328. The molecule has 1 aromatic heterocycles. The molecule has 0 radical (unpaired) electrons. The van der Waals surface area contributed by atoms with Crippen molar-refractivity contribution in [1.29, 1.82) is 0 Å². The molecule has 2 aromatic rings. The van der Waals surface area contributed by atoms with E-state index in [1.807, 2.05) is 6.07 Å². The van der Waals surface area contributed by atoms with Crippen molar-refractivity contribution in [3.63, 3.8) is 0 Å². The lowest BCUT2D eigenvalue weighted by Gasteiger charge is -2.27. The van der Waals surface area contributed by atoms with E-state index in [9.17, 15) is 19.2 Å². The fourth-order valence-corrected chi connectivity index (χ4v) is 5.03. The van der Waals surface area contributed by atoms with Crippen LogP contribution in [0.4, 0.5) is 0 Å². The van der Waals surface area contributed by atoms with Gasteiger partial charge in [0.1, 0.15) is 23.5 Å². The number of carbonyl (C=O) groups excluding carboxylic acids is 4. The van der Waals surface area contributed by atoms with Crippen LogP contribution in [0.25, 0.3) is 10.9 Å². The summed E-state index contributed by atoms with van der Waals surface area (Å²) < 4.78 is 11.1. The number of aromatic amines is 1. The molecule has 10 nitrogen and oxygen atoms in total. The summed E-state index contributed by atoms with van der Waals surface area (Å²) in [5, 5.41) is 9.10. The molecule has 0 unspecified atom stereocenters. The minimum Gasteiger partial charge on any atom is -0.496 e. The van der Waals surface area contributed by atoms with Gasteiger partial charge >= 0.3 is 5.97 Å². The Hall–Kier alpha value is -3.08. The number of ether oxygens (including phenoxy) is 2. The second-order valence-electron chi connectivity index (χ2n) is 9.41. The molecule has 1 aliphatic carbocycles. The van der Waals surface area contributed by atoms with Gasteiger partial charge in [-0.15, -0.1) is 0 Å². The number of aromatic nitrogens is 1. The summed E-state index contributed by atoms with van der Waals surface area (Å²) in [6.45, 7) is 0.608. The second-order valence-corrected chi connectivity index (χ2v) is 10.3. The molecule has 1 saturated heterocycles. The van der Waals surface area contributed by atoms with E-state index in [0.717, 1.165) is 29.1 Å². The van der Waals surface area contributed by atoms with Crippen LogP contribution >= 0.6 is 15.9 Å². The molecule has 36 heavy (non-hydrogen) atoms. The van der Waals surface area contributed by atoms with Crippen LogP contribution in [0.3, 0.4) is 0 Å². The minimum absolute atomic E-state index is 0.131. The number of rotatable bonds is 10. The first-order valence-corrected chi connectivity index (χ1v) is 12.9. The largest absolute Gasteiger partial charge is 0.496 e. The number of halogens is 1. The molecule has 4 N–H and O–H groups in total. The van der Waals surface area contributed by atoms with Gasteiger partial charge in [0.2, 0.25) is 11.8 Å². The lowest BCUT2D eigenvalue weighted by atomic mass is 9.91. The number of benzene rings is 1. The van der Waals surface area contributed by atoms with E-state index in [4.69, 9.17) is 9.47 Å². The summed E-state index contributed by atoms with van der Waals surface area (Å²) in [5.41, 5.74) is 1.00. The van der Waals surface area contributed by atoms with Crippen LogP contribution < -0.4 is 20.7 Å². The predicted molar refractivity (Wildman–Crippen MR) is 135 cm³/mol. The minimum atomic E-state index is -0.982. The lowest BCUT2D eigenvalue weighted by Crippen LogP contribution is -2.53. The van der Waals surface area contributed by atoms with Gasteiger partial charge in [-0.2, -0.15) is 0 Å². The van der Waals surface area contributed by atoms with E-state index in [1.165, 1.54) is 7.11 Å². The molecule has 2 fully saturated rings. The number of fused-ring (bicyclic) bond motifs is 1. The maximum atomic E-state index is 13.3. The first kappa shape index (κ1) is 26.0. The van der Waals surface area contributed by atoms with Gasteiger partial charge in [-0.25, -0.2) is 4.79 Å². The molecule has 0 spiro atoms. The zero-order valence-corrected chi connectivity index (χ0v) is 21.9. The van der Waals surface area contributed by atoms with Crippen molar-refractivity contribution in [3.8, 4) is 5.75 Å². The monoisotopic (exact) mass is 562 g/mol. The van der Waals surface area contributed by atoms with Gasteiger partial charge in [-0.05, 0) is 49.8 Å². The van der Waals surface area contributed by atoms with Crippen LogP contribution in [0.1, 0.15) is 49.0 Å². The van der Waals surface area contributed by atoms with Crippen molar-refractivity contribution in [2.24, 2.45) is 11.8 Å². The summed E-state index contributed by atoms with van der Waals surface area (Å²) >= 11 is 3.43. The van der Waals surface area contributed by atoms with E-state index >= 15 is 0 Å². The van der Waals surface area contributed by atoms with Crippen LogP contribution in [0.15, 0.2) is 22.7 Å². The number of piperidine rings is 1. The van der Waals surface area contributed by atoms with Gasteiger partial charge in [0.25, 0.3) is 5.91 Å². The third kappa shape index (κ3) is 6.18. The van der Waals surface area contributed by atoms with Crippen molar-refractivity contribution >= 4 is 50.5 Å². The molecular formula is C25H31BrN4O6. The third-order valence-corrected chi connectivity index (χ3v) is 7.20. The molecule has 0 bridgehead atoms. The zero-order chi connectivity index (χ0) is 25.8. The van der Waals surface area contributed by atoms with Crippen molar-refractivity contribution in [1.82, 2.24) is 20.9 Å². The summed E-state index contributed by atoms with van der Waals surface area (Å²) in [7, 11) is 2.80. The van der Waals surface area contributed by atoms with Crippen molar-refractivity contribution in [2.75, 3.05) is 20.8 Å². The fourth-order valence-electron chi connectivity index (χ4n) is 4.59. The summed E-state index contributed by atoms with van der Waals surface area (Å²) in [4.78, 5) is 54.1. The van der Waals surface area contributed by atoms with Crippen molar-refractivity contribution in [3.05, 3.63) is 28.4 Å². The van der Waals surface area contributed by atoms with Crippen LogP contribution in [-0.4, -0.2) is 61.5 Å². The number of carbonyl (C=O) groups is 4. The van der Waals surface area contributed by atoms with Crippen molar-refractivity contribution < 1.29 is 28.7 Å². The number of amides is 3. The highest BCUT2D eigenvalue weighted by atomic mass is 79.9. The summed E-state index contributed by atoms with van der Waals surface area (Å²) in [6, 6.07) is 3.51. The molecule has 3 amide bonds. The molecular weight excluding hydrogens is 532 g/mol. The zero-order valence-electron chi connectivity index (χ0n) is 20.3. The predicted octanol–water partition coefficient (Wildman–Crippen LogP) is 2.41. The smallest absolute Gasteiger partial charge is 0.328 e. The number of hydrogen-bond acceptors (Lipinski definition) is 6. The lowest BCUT2D eigenvalue weighted by molar-refractivity contribution is -0.146.